The van der Waals surface area contributed by atoms with Crippen molar-refractivity contribution in [2.45, 2.75) is 65.1 Å². The average molecular weight is 417 g/mol. The van der Waals surface area contributed by atoms with Gasteiger partial charge in [0, 0.05) is 30.6 Å². The summed E-state index contributed by atoms with van der Waals surface area (Å²) in [6.07, 6.45) is 7.27. The molecule has 1 saturated heterocycles. The molecule has 1 unspecified atom stereocenters. The van der Waals surface area contributed by atoms with Crippen molar-refractivity contribution in [1.82, 2.24) is 9.88 Å². The summed E-state index contributed by atoms with van der Waals surface area (Å²) in [5, 5.41) is 0. The molecule has 1 aromatic heterocycles. The zero-order valence-corrected chi connectivity index (χ0v) is 19.1. The number of hydrogen-bond acceptors (Lipinski definition) is 5. The van der Waals surface area contributed by atoms with Crippen LogP contribution in [0.5, 0.6) is 0 Å². The fourth-order valence-corrected chi connectivity index (χ4v) is 3.31. The highest BCUT2D eigenvalue weighted by Gasteiger charge is 2.30. The predicted octanol–water partition coefficient (Wildman–Crippen LogP) is 5.13. The van der Waals surface area contributed by atoms with Gasteiger partial charge in [-0.3, -0.25) is 4.98 Å². The highest BCUT2D eigenvalue weighted by molar-refractivity contribution is 5.68. The summed E-state index contributed by atoms with van der Waals surface area (Å²) < 4.78 is 16.9. The number of carbonyl (C=O) groups is 1. The molecule has 0 aromatic carbocycles. The molecule has 166 valence electrons. The van der Waals surface area contributed by atoms with E-state index in [0.29, 0.717) is 19.7 Å². The van der Waals surface area contributed by atoms with Gasteiger partial charge < -0.3 is 19.1 Å². The summed E-state index contributed by atoms with van der Waals surface area (Å²) in [6.45, 7) is 13.7. The van der Waals surface area contributed by atoms with Crippen molar-refractivity contribution in [3.8, 4) is 0 Å². The minimum absolute atomic E-state index is 0.0919. The van der Waals surface area contributed by atoms with E-state index in [4.69, 9.17) is 14.2 Å². The van der Waals surface area contributed by atoms with Crippen LogP contribution in [0.1, 0.15) is 57.7 Å². The van der Waals surface area contributed by atoms with Crippen LogP contribution in [0.4, 0.5) is 4.79 Å². The van der Waals surface area contributed by atoms with Crippen LogP contribution < -0.4 is 0 Å². The number of likely N-dealkylation sites (tertiary alicyclic amines) is 1. The van der Waals surface area contributed by atoms with E-state index in [1.54, 1.807) is 18.2 Å². The molecule has 1 aromatic rings. The van der Waals surface area contributed by atoms with Gasteiger partial charge in [0.1, 0.15) is 11.4 Å². The van der Waals surface area contributed by atoms with Crippen LogP contribution in [0.25, 0.3) is 5.76 Å². The summed E-state index contributed by atoms with van der Waals surface area (Å²) in [5.41, 5.74) is 2.47. The summed E-state index contributed by atoms with van der Waals surface area (Å²) >= 11 is 0. The quantitative estimate of drug-likeness (QED) is 0.317. The number of aromatic nitrogens is 1. The van der Waals surface area contributed by atoms with Crippen LogP contribution in [-0.2, 0) is 14.2 Å². The molecule has 6 heteroatoms. The molecule has 1 aliphatic rings. The Labute approximate surface area is 180 Å². The van der Waals surface area contributed by atoms with Crippen molar-refractivity contribution in [1.29, 1.82) is 0 Å². The number of nitrogens with zero attached hydrogens (tertiary/aromatic N) is 2. The topological polar surface area (TPSA) is 60.9 Å². The highest BCUT2D eigenvalue weighted by Crippen LogP contribution is 2.21. The second-order valence-electron chi connectivity index (χ2n) is 8.67. The number of rotatable bonds is 9. The molecular formula is C24H36N2O4. The Hall–Kier alpha value is -2.34. The zero-order valence-electron chi connectivity index (χ0n) is 19.1. The lowest BCUT2D eigenvalue weighted by atomic mass is 10.1. The Balaban J connectivity index is 1.67. The average Bonchev–Trinajstić information content (AvgIpc) is 3.14. The van der Waals surface area contributed by atoms with Crippen LogP contribution in [0, 0.1) is 6.92 Å². The molecule has 1 fully saturated rings. The number of amides is 1. The lowest BCUT2D eigenvalue weighted by Gasteiger charge is -2.24. The second kappa shape index (κ2) is 11.2. The van der Waals surface area contributed by atoms with E-state index in [0.717, 1.165) is 48.3 Å². The Morgan fingerprint density at radius 3 is 2.80 bits per heavy atom. The van der Waals surface area contributed by atoms with Crippen molar-refractivity contribution in [2.24, 2.45) is 0 Å². The molecule has 0 saturated carbocycles. The third-order valence-electron chi connectivity index (χ3n) is 4.87. The Bertz CT molecular complexity index is 752. The lowest BCUT2D eigenvalue weighted by molar-refractivity contribution is 0.0207. The Morgan fingerprint density at radius 2 is 2.13 bits per heavy atom. The molecule has 0 spiro atoms. The normalized spacial score (nSPS) is 17.2. The third-order valence-corrected chi connectivity index (χ3v) is 4.87. The highest BCUT2D eigenvalue weighted by atomic mass is 16.6. The fourth-order valence-electron chi connectivity index (χ4n) is 3.31. The van der Waals surface area contributed by atoms with Crippen LogP contribution in [0.3, 0.4) is 0 Å². The molecule has 1 aliphatic heterocycles. The van der Waals surface area contributed by atoms with Gasteiger partial charge in [0.2, 0.25) is 0 Å². The maximum atomic E-state index is 12.1. The van der Waals surface area contributed by atoms with Crippen LogP contribution in [-0.4, -0.2) is 54.5 Å². The smallest absolute Gasteiger partial charge is 0.410 e. The zero-order chi connectivity index (χ0) is 22.1. The monoisotopic (exact) mass is 416 g/mol. The van der Waals surface area contributed by atoms with Crippen molar-refractivity contribution in [2.75, 3.05) is 26.8 Å². The van der Waals surface area contributed by atoms with Crippen molar-refractivity contribution < 1.29 is 19.0 Å². The van der Waals surface area contributed by atoms with Gasteiger partial charge in [-0.15, -0.1) is 0 Å². The molecule has 0 N–H and O–H groups in total. The van der Waals surface area contributed by atoms with Gasteiger partial charge in [0.05, 0.1) is 19.8 Å². The SMILES string of the molecule is C=C(/C=C(/OC)c1cccnc1C)CCCCOC1CCN(C(=O)OC(C)(C)C)C1. The molecule has 1 atom stereocenters. The number of ether oxygens (including phenoxy) is 3. The van der Waals surface area contributed by atoms with E-state index < -0.39 is 5.60 Å². The van der Waals surface area contributed by atoms with E-state index in [9.17, 15) is 4.79 Å². The van der Waals surface area contributed by atoms with Gasteiger partial charge in [0.15, 0.2) is 0 Å². The van der Waals surface area contributed by atoms with Gasteiger partial charge in [-0.25, -0.2) is 4.79 Å². The summed E-state index contributed by atoms with van der Waals surface area (Å²) in [5.74, 6) is 0.787. The summed E-state index contributed by atoms with van der Waals surface area (Å²) in [6, 6.07) is 3.91. The molecule has 0 aliphatic carbocycles. The molecule has 0 radical (unpaired) electrons. The second-order valence-corrected chi connectivity index (χ2v) is 8.67. The maximum Gasteiger partial charge on any atom is 0.410 e. The molecule has 30 heavy (non-hydrogen) atoms. The molecule has 0 bridgehead atoms. The van der Waals surface area contributed by atoms with Gasteiger partial charge in [-0.2, -0.15) is 0 Å². The Morgan fingerprint density at radius 1 is 1.37 bits per heavy atom. The minimum atomic E-state index is -0.467. The van der Waals surface area contributed by atoms with Crippen molar-refractivity contribution in [3.63, 3.8) is 0 Å². The molecule has 6 nitrogen and oxygen atoms in total. The van der Waals surface area contributed by atoms with Crippen LogP contribution in [0.15, 0.2) is 36.6 Å². The molecule has 2 rings (SSSR count). The third kappa shape index (κ3) is 7.82. The first-order valence-corrected chi connectivity index (χ1v) is 10.6. The Kier molecular flexibility index (Phi) is 8.90. The number of hydrogen-bond donors (Lipinski definition) is 0. The molecule has 1 amide bonds. The lowest BCUT2D eigenvalue weighted by Crippen LogP contribution is -2.36. The number of carbonyl (C=O) groups excluding carboxylic acids is 1. The van der Waals surface area contributed by atoms with E-state index >= 15 is 0 Å². The number of pyridine rings is 1. The largest absolute Gasteiger partial charge is 0.496 e. The van der Waals surface area contributed by atoms with Crippen LogP contribution in [0.2, 0.25) is 0 Å². The minimum Gasteiger partial charge on any atom is -0.496 e. The standard InChI is InChI=1S/C24H36N2O4/c1-18(16-22(28-6)21-11-9-13-25-19(21)2)10-7-8-15-29-20-12-14-26(17-20)23(27)30-24(3,4)5/h9,11,13,16,20H,1,7-8,10,12,14-15,17H2,2-6H3/b22-16+. The first kappa shape index (κ1) is 23.9. The molecule has 2 heterocycles. The van der Waals surface area contributed by atoms with Gasteiger partial charge in [0.25, 0.3) is 0 Å². The van der Waals surface area contributed by atoms with Crippen molar-refractivity contribution >= 4 is 11.9 Å². The van der Waals surface area contributed by atoms with Gasteiger partial charge in [-0.05, 0) is 71.6 Å². The first-order chi connectivity index (χ1) is 14.2. The number of methoxy groups -OCH3 is 1. The van der Waals surface area contributed by atoms with E-state index in [1.165, 1.54) is 0 Å². The van der Waals surface area contributed by atoms with E-state index in [2.05, 4.69) is 11.6 Å². The predicted molar refractivity (Wildman–Crippen MR) is 119 cm³/mol. The number of allylic oxidation sites excluding steroid dienone is 2. The first-order valence-electron chi connectivity index (χ1n) is 10.6. The maximum absolute atomic E-state index is 12.1. The molecular weight excluding hydrogens is 380 g/mol. The van der Waals surface area contributed by atoms with E-state index in [1.807, 2.05) is 45.9 Å². The van der Waals surface area contributed by atoms with E-state index in [-0.39, 0.29) is 12.2 Å². The fraction of sp³-hybridized carbons (Fsp3) is 0.583. The van der Waals surface area contributed by atoms with Gasteiger partial charge >= 0.3 is 6.09 Å². The summed E-state index contributed by atoms with van der Waals surface area (Å²) in [7, 11) is 1.67. The van der Waals surface area contributed by atoms with Gasteiger partial charge in [-0.1, -0.05) is 12.2 Å². The van der Waals surface area contributed by atoms with Crippen LogP contribution >= 0.6 is 0 Å². The summed E-state index contributed by atoms with van der Waals surface area (Å²) in [4.78, 5) is 18.2. The van der Waals surface area contributed by atoms with Crippen molar-refractivity contribution in [3.05, 3.63) is 47.8 Å². The number of unbranched alkanes of at least 4 members (excludes halogenated alkanes) is 1. The number of aryl methyl sites for hydroxylation is 1.